The summed E-state index contributed by atoms with van der Waals surface area (Å²) in [6.45, 7) is 1.30. The second kappa shape index (κ2) is 5.94. The average Bonchev–Trinajstić information content (AvgIpc) is 2.91. The molecule has 0 aromatic heterocycles. The summed E-state index contributed by atoms with van der Waals surface area (Å²) in [6, 6.07) is 14.5. The maximum Gasteiger partial charge on any atom is 0.140 e. The Morgan fingerprint density at radius 3 is 2.95 bits per heavy atom. The van der Waals surface area contributed by atoms with Crippen molar-refractivity contribution in [3.05, 3.63) is 65.0 Å². The van der Waals surface area contributed by atoms with Crippen LogP contribution in [0.4, 0.5) is 4.39 Å². The van der Waals surface area contributed by atoms with E-state index in [9.17, 15) is 4.39 Å². The summed E-state index contributed by atoms with van der Waals surface area (Å²) in [4.78, 5) is 0. The van der Waals surface area contributed by atoms with E-state index in [-0.39, 0.29) is 11.7 Å². The molecule has 1 N–H and O–H groups in total. The van der Waals surface area contributed by atoms with Crippen LogP contribution in [0.1, 0.15) is 16.7 Å². The highest BCUT2D eigenvalue weighted by Gasteiger charge is 2.21. The molecule has 0 spiro atoms. The number of rotatable bonds is 4. The molecule has 1 heterocycles. The normalized spacial score (nSPS) is 16.1. The Labute approximate surface area is 123 Å². The van der Waals surface area contributed by atoms with Gasteiger partial charge in [-0.2, -0.15) is 5.26 Å². The van der Waals surface area contributed by atoms with E-state index < -0.39 is 5.82 Å². The van der Waals surface area contributed by atoms with Gasteiger partial charge in [-0.15, -0.1) is 0 Å². The van der Waals surface area contributed by atoms with E-state index in [0.29, 0.717) is 13.1 Å². The summed E-state index contributed by atoms with van der Waals surface area (Å²) in [5.74, 6) is 0.480. The van der Waals surface area contributed by atoms with Crippen molar-refractivity contribution in [1.82, 2.24) is 5.32 Å². The van der Waals surface area contributed by atoms with Gasteiger partial charge in [-0.05, 0) is 29.3 Å². The van der Waals surface area contributed by atoms with Gasteiger partial charge < -0.3 is 10.1 Å². The van der Waals surface area contributed by atoms with Crippen molar-refractivity contribution in [3.8, 4) is 11.8 Å². The second-order valence-corrected chi connectivity index (χ2v) is 5.11. The molecule has 106 valence electrons. The fraction of sp³-hybridized carbons (Fsp3) is 0.235. The molecule has 2 aromatic rings. The number of halogens is 1. The summed E-state index contributed by atoms with van der Waals surface area (Å²) in [5.41, 5.74) is 2.21. The number of nitrogens with one attached hydrogen (secondary N) is 1. The smallest absolute Gasteiger partial charge is 0.140 e. The first-order valence-electron chi connectivity index (χ1n) is 6.90. The van der Waals surface area contributed by atoms with Gasteiger partial charge in [-0.3, -0.25) is 0 Å². The fourth-order valence-corrected chi connectivity index (χ4v) is 2.51. The molecule has 0 amide bonds. The van der Waals surface area contributed by atoms with Gasteiger partial charge >= 0.3 is 0 Å². The van der Waals surface area contributed by atoms with E-state index in [1.165, 1.54) is 11.6 Å². The Kier molecular flexibility index (Phi) is 3.85. The van der Waals surface area contributed by atoms with Crippen LogP contribution in [0.3, 0.4) is 0 Å². The maximum atomic E-state index is 13.2. The Hall–Kier alpha value is -2.38. The van der Waals surface area contributed by atoms with E-state index >= 15 is 0 Å². The third-order valence-corrected chi connectivity index (χ3v) is 3.57. The lowest BCUT2D eigenvalue weighted by Gasteiger charge is -2.12. The minimum atomic E-state index is -0.476. The highest BCUT2D eigenvalue weighted by molar-refractivity contribution is 5.37. The van der Waals surface area contributed by atoms with Crippen molar-refractivity contribution in [1.29, 1.82) is 5.26 Å². The predicted octanol–water partition coefficient (Wildman–Crippen LogP) is 2.79. The van der Waals surface area contributed by atoms with Crippen LogP contribution >= 0.6 is 0 Å². The van der Waals surface area contributed by atoms with Crippen molar-refractivity contribution in [2.24, 2.45) is 0 Å². The fourth-order valence-electron chi connectivity index (χ4n) is 2.51. The Bertz CT molecular complexity index is 668. The molecule has 2 aromatic carbocycles. The van der Waals surface area contributed by atoms with Crippen LogP contribution in [0.5, 0.6) is 5.75 Å². The number of nitriles is 1. The van der Waals surface area contributed by atoms with Crippen LogP contribution in [0, 0.1) is 17.1 Å². The van der Waals surface area contributed by atoms with Crippen LogP contribution in [0.25, 0.3) is 0 Å². The zero-order valence-electron chi connectivity index (χ0n) is 11.5. The number of hydrogen-bond acceptors (Lipinski definition) is 3. The van der Waals surface area contributed by atoms with Gasteiger partial charge in [0, 0.05) is 19.5 Å². The highest BCUT2D eigenvalue weighted by Crippen LogP contribution is 2.27. The van der Waals surface area contributed by atoms with E-state index in [1.807, 2.05) is 24.3 Å². The number of ether oxygens (including phenoxy) is 1. The molecule has 1 aliphatic rings. The van der Waals surface area contributed by atoms with E-state index in [0.717, 1.165) is 17.7 Å². The lowest BCUT2D eigenvalue weighted by Crippen LogP contribution is -2.29. The summed E-state index contributed by atoms with van der Waals surface area (Å²) < 4.78 is 19.1. The zero-order valence-corrected chi connectivity index (χ0v) is 11.5. The van der Waals surface area contributed by atoms with Crippen molar-refractivity contribution in [3.63, 3.8) is 0 Å². The number of nitrogens with zero attached hydrogens (tertiary/aromatic N) is 1. The molecule has 3 rings (SSSR count). The van der Waals surface area contributed by atoms with E-state index in [4.69, 9.17) is 10.00 Å². The number of benzene rings is 2. The number of fused-ring (bicyclic) bond motifs is 1. The zero-order chi connectivity index (χ0) is 14.7. The maximum absolute atomic E-state index is 13.2. The molecule has 0 bridgehead atoms. The third-order valence-electron chi connectivity index (χ3n) is 3.57. The largest absolute Gasteiger partial charge is 0.488 e. The van der Waals surface area contributed by atoms with Crippen LogP contribution in [-0.2, 0) is 13.0 Å². The van der Waals surface area contributed by atoms with Gasteiger partial charge in [0.2, 0.25) is 0 Å². The van der Waals surface area contributed by atoms with Gasteiger partial charge in [0.1, 0.15) is 23.7 Å². The van der Waals surface area contributed by atoms with Crippen molar-refractivity contribution < 1.29 is 9.13 Å². The molecule has 0 aliphatic carbocycles. The number of para-hydroxylation sites is 1. The van der Waals surface area contributed by atoms with Crippen molar-refractivity contribution in [2.45, 2.75) is 19.1 Å². The van der Waals surface area contributed by atoms with Crippen LogP contribution in [0.2, 0.25) is 0 Å². The number of hydrogen-bond donors (Lipinski definition) is 1. The first-order valence-corrected chi connectivity index (χ1v) is 6.90. The van der Waals surface area contributed by atoms with Crippen molar-refractivity contribution >= 4 is 0 Å². The first kappa shape index (κ1) is 13.6. The summed E-state index contributed by atoms with van der Waals surface area (Å²) in [7, 11) is 0. The first-order chi connectivity index (χ1) is 10.3. The molecule has 1 unspecified atom stereocenters. The average molecular weight is 282 g/mol. The van der Waals surface area contributed by atoms with Gasteiger partial charge in [0.05, 0.1) is 5.56 Å². The molecule has 0 radical (unpaired) electrons. The van der Waals surface area contributed by atoms with Gasteiger partial charge in [0.15, 0.2) is 0 Å². The minimum absolute atomic E-state index is 0.0822. The van der Waals surface area contributed by atoms with E-state index in [2.05, 4.69) is 11.4 Å². The lowest BCUT2D eigenvalue weighted by molar-refractivity contribution is 0.227. The Morgan fingerprint density at radius 2 is 2.14 bits per heavy atom. The summed E-state index contributed by atoms with van der Waals surface area (Å²) in [6.07, 6.45) is 1.02. The third kappa shape index (κ3) is 3.04. The molecule has 3 nitrogen and oxygen atoms in total. The molecule has 21 heavy (non-hydrogen) atoms. The van der Waals surface area contributed by atoms with Gasteiger partial charge in [-0.25, -0.2) is 4.39 Å². The quantitative estimate of drug-likeness (QED) is 0.938. The highest BCUT2D eigenvalue weighted by atomic mass is 19.1. The standard InChI is InChI=1S/C17H15FN2O/c18-16-6-5-12(7-14(16)9-19)10-20-11-15-8-13-3-1-2-4-17(13)21-15/h1-7,15,20H,8,10-11H2. The molecular formula is C17H15FN2O. The minimum Gasteiger partial charge on any atom is -0.488 e. The molecule has 4 heteroatoms. The lowest BCUT2D eigenvalue weighted by atomic mass is 10.1. The molecule has 1 aliphatic heterocycles. The second-order valence-electron chi connectivity index (χ2n) is 5.11. The Morgan fingerprint density at radius 1 is 1.29 bits per heavy atom. The van der Waals surface area contributed by atoms with Gasteiger partial charge in [-0.1, -0.05) is 24.3 Å². The topological polar surface area (TPSA) is 45.0 Å². The SMILES string of the molecule is N#Cc1cc(CNCC2Cc3ccccc3O2)ccc1F. The van der Waals surface area contributed by atoms with Crippen molar-refractivity contribution in [2.75, 3.05) is 6.54 Å². The molecule has 0 saturated heterocycles. The summed E-state index contributed by atoms with van der Waals surface area (Å²) >= 11 is 0. The Balaban J connectivity index is 1.53. The van der Waals surface area contributed by atoms with Gasteiger partial charge in [0.25, 0.3) is 0 Å². The molecule has 1 atom stereocenters. The predicted molar refractivity (Wildman–Crippen MR) is 77.4 cm³/mol. The molecule has 0 saturated carbocycles. The summed E-state index contributed by atoms with van der Waals surface area (Å²) in [5, 5.41) is 12.1. The monoisotopic (exact) mass is 282 g/mol. The van der Waals surface area contributed by atoms with E-state index in [1.54, 1.807) is 12.1 Å². The molecule has 0 fully saturated rings. The van der Waals surface area contributed by atoms with Crippen LogP contribution in [0.15, 0.2) is 42.5 Å². The van der Waals surface area contributed by atoms with Crippen LogP contribution in [-0.4, -0.2) is 12.6 Å². The van der Waals surface area contributed by atoms with Crippen LogP contribution < -0.4 is 10.1 Å². The molecular weight excluding hydrogens is 267 g/mol.